The van der Waals surface area contributed by atoms with Crippen molar-refractivity contribution >= 4 is 39.5 Å². The number of benzene rings is 1. The van der Waals surface area contributed by atoms with Gasteiger partial charge in [-0.1, -0.05) is 0 Å². The number of anilines is 3. The van der Waals surface area contributed by atoms with Gasteiger partial charge in [0, 0.05) is 11.1 Å². The van der Waals surface area contributed by atoms with E-state index in [1.165, 1.54) is 6.33 Å². The summed E-state index contributed by atoms with van der Waals surface area (Å²) in [6, 6.07) is 5.81. The molecule has 0 amide bonds. The van der Waals surface area contributed by atoms with Gasteiger partial charge < -0.3 is 16.0 Å². The van der Waals surface area contributed by atoms with Gasteiger partial charge >= 0.3 is 0 Å². The van der Waals surface area contributed by atoms with E-state index < -0.39 is 0 Å². The molecular formula is C12H10N8. The molecule has 0 saturated carbocycles. The van der Waals surface area contributed by atoms with Crippen LogP contribution in [0.1, 0.15) is 0 Å². The largest absolute Gasteiger partial charge is 0.382 e. The zero-order chi connectivity index (χ0) is 13.5. The van der Waals surface area contributed by atoms with Crippen LogP contribution in [0, 0.1) is 0 Å². The molecule has 4 aromatic rings. The first-order chi connectivity index (χ1) is 9.79. The molecule has 0 atom stereocenters. The molecule has 0 spiro atoms. The molecule has 98 valence electrons. The first-order valence-electron chi connectivity index (χ1n) is 5.96. The van der Waals surface area contributed by atoms with Gasteiger partial charge in [0.1, 0.15) is 5.52 Å². The summed E-state index contributed by atoms with van der Waals surface area (Å²) >= 11 is 0. The molecule has 0 aliphatic heterocycles. The van der Waals surface area contributed by atoms with Gasteiger partial charge in [-0.25, -0.2) is 4.98 Å². The topological polar surface area (TPSA) is 121 Å². The normalized spacial score (nSPS) is 11.2. The second kappa shape index (κ2) is 3.92. The molecule has 0 bridgehead atoms. The van der Waals surface area contributed by atoms with E-state index in [2.05, 4.69) is 35.5 Å². The maximum absolute atomic E-state index is 5.85. The first kappa shape index (κ1) is 10.7. The van der Waals surface area contributed by atoms with Gasteiger partial charge in [0.15, 0.2) is 11.5 Å². The maximum atomic E-state index is 5.85. The second-order valence-corrected chi connectivity index (χ2v) is 4.33. The Morgan fingerprint density at radius 2 is 2.15 bits per heavy atom. The fourth-order valence-corrected chi connectivity index (χ4v) is 2.06. The number of fused-ring (bicyclic) bond motifs is 2. The Balaban J connectivity index is 1.75. The Kier molecular flexibility index (Phi) is 2.10. The van der Waals surface area contributed by atoms with Gasteiger partial charge in [0.05, 0.1) is 18.0 Å². The summed E-state index contributed by atoms with van der Waals surface area (Å²) in [5.74, 6) is 0.763. The molecular weight excluding hydrogens is 256 g/mol. The molecule has 8 heteroatoms. The number of nitrogens with one attached hydrogen (secondary N) is 3. The van der Waals surface area contributed by atoms with Crippen molar-refractivity contribution in [3.63, 3.8) is 0 Å². The Morgan fingerprint density at radius 3 is 3.10 bits per heavy atom. The fourth-order valence-electron chi connectivity index (χ4n) is 2.06. The van der Waals surface area contributed by atoms with E-state index in [0.29, 0.717) is 22.9 Å². The minimum Gasteiger partial charge on any atom is -0.382 e. The van der Waals surface area contributed by atoms with E-state index in [1.807, 2.05) is 18.2 Å². The van der Waals surface area contributed by atoms with Crippen LogP contribution in [0.4, 0.5) is 17.5 Å². The van der Waals surface area contributed by atoms with Crippen molar-refractivity contribution in [2.75, 3.05) is 11.1 Å². The van der Waals surface area contributed by atoms with Crippen molar-refractivity contribution in [2.45, 2.75) is 0 Å². The number of H-pyrrole nitrogens is 2. The van der Waals surface area contributed by atoms with Crippen molar-refractivity contribution in [2.24, 2.45) is 0 Å². The molecule has 0 unspecified atom stereocenters. The summed E-state index contributed by atoms with van der Waals surface area (Å²) in [5, 5.41) is 11.0. The first-order valence-corrected chi connectivity index (χ1v) is 5.96. The summed E-state index contributed by atoms with van der Waals surface area (Å²) in [4.78, 5) is 15.5. The van der Waals surface area contributed by atoms with Crippen LogP contribution in [0.3, 0.4) is 0 Å². The highest BCUT2D eigenvalue weighted by Crippen LogP contribution is 2.21. The molecule has 0 radical (unpaired) electrons. The van der Waals surface area contributed by atoms with Gasteiger partial charge in [0.2, 0.25) is 5.95 Å². The monoisotopic (exact) mass is 266 g/mol. The van der Waals surface area contributed by atoms with Gasteiger partial charge in [0.25, 0.3) is 0 Å². The van der Waals surface area contributed by atoms with Crippen LogP contribution < -0.4 is 11.1 Å². The molecule has 3 aromatic heterocycles. The molecule has 20 heavy (non-hydrogen) atoms. The van der Waals surface area contributed by atoms with Crippen LogP contribution in [0.5, 0.6) is 0 Å². The lowest BCUT2D eigenvalue weighted by Crippen LogP contribution is -2.01. The Morgan fingerprint density at radius 1 is 1.20 bits per heavy atom. The quantitative estimate of drug-likeness (QED) is 0.437. The molecule has 3 heterocycles. The third-order valence-electron chi connectivity index (χ3n) is 3.01. The Bertz CT molecular complexity index is 906. The smallest absolute Gasteiger partial charge is 0.231 e. The number of imidazole rings is 1. The number of hydrogen-bond donors (Lipinski definition) is 4. The average Bonchev–Trinajstić information content (AvgIpc) is 3.06. The molecule has 8 nitrogen and oxygen atoms in total. The van der Waals surface area contributed by atoms with Crippen LogP contribution in [-0.4, -0.2) is 30.1 Å². The number of nitrogens with two attached hydrogens (primary N) is 1. The molecule has 1 aromatic carbocycles. The molecule has 0 fully saturated rings. The van der Waals surface area contributed by atoms with Gasteiger partial charge in [-0.3, -0.25) is 5.10 Å². The minimum atomic E-state index is 0.359. The number of rotatable bonds is 2. The van der Waals surface area contributed by atoms with Crippen LogP contribution in [-0.2, 0) is 0 Å². The van der Waals surface area contributed by atoms with Crippen molar-refractivity contribution < 1.29 is 0 Å². The van der Waals surface area contributed by atoms with Crippen LogP contribution >= 0.6 is 0 Å². The summed E-state index contributed by atoms with van der Waals surface area (Å²) in [6.45, 7) is 0. The Labute approximate surface area is 112 Å². The van der Waals surface area contributed by atoms with Crippen molar-refractivity contribution in [3.05, 3.63) is 30.7 Å². The molecule has 0 aliphatic carbocycles. The van der Waals surface area contributed by atoms with Crippen molar-refractivity contribution in [1.29, 1.82) is 0 Å². The van der Waals surface area contributed by atoms with E-state index in [4.69, 9.17) is 5.73 Å². The minimum absolute atomic E-state index is 0.359. The van der Waals surface area contributed by atoms with Gasteiger partial charge in [-0.2, -0.15) is 15.1 Å². The zero-order valence-corrected chi connectivity index (χ0v) is 10.3. The van der Waals surface area contributed by atoms with Gasteiger partial charge in [-0.15, -0.1) is 0 Å². The van der Waals surface area contributed by atoms with Crippen molar-refractivity contribution in [3.8, 4) is 0 Å². The zero-order valence-electron chi connectivity index (χ0n) is 10.3. The lowest BCUT2D eigenvalue weighted by atomic mass is 10.2. The lowest BCUT2D eigenvalue weighted by Gasteiger charge is -2.05. The van der Waals surface area contributed by atoms with Crippen LogP contribution in [0.15, 0.2) is 30.7 Å². The predicted octanol–water partition coefficient (Wildman–Crippen LogP) is 1.55. The molecule has 0 aliphatic rings. The summed E-state index contributed by atoms with van der Waals surface area (Å²) in [6.07, 6.45) is 3.31. The lowest BCUT2D eigenvalue weighted by molar-refractivity contribution is 1.12. The Hall–Kier alpha value is -3.16. The molecule has 0 saturated heterocycles. The maximum Gasteiger partial charge on any atom is 0.231 e. The van der Waals surface area contributed by atoms with E-state index in [-0.39, 0.29) is 0 Å². The third kappa shape index (κ3) is 1.62. The highest BCUT2D eigenvalue weighted by Gasteiger charge is 2.07. The standard InChI is InChI=1S/C12H10N8/c13-10-9-11(15-5-14-9)19-12(18-10)17-7-2-1-6-4-16-20-8(6)3-7/h1-5H,(H,16,20)(H4,13,14,15,17,18,19). The highest BCUT2D eigenvalue weighted by atomic mass is 15.2. The number of aromatic nitrogens is 6. The van der Waals surface area contributed by atoms with Crippen LogP contribution in [0.2, 0.25) is 0 Å². The molecule has 4 rings (SSSR count). The summed E-state index contributed by atoms with van der Waals surface area (Å²) in [5.41, 5.74) is 8.80. The van der Waals surface area contributed by atoms with Gasteiger partial charge in [-0.05, 0) is 18.2 Å². The molecule has 5 N–H and O–H groups in total. The highest BCUT2D eigenvalue weighted by molar-refractivity contribution is 5.84. The average molecular weight is 266 g/mol. The van der Waals surface area contributed by atoms with Crippen LogP contribution in [0.25, 0.3) is 22.1 Å². The summed E-state index contributed by atoms with van der Waals surface area (Å²) in [7, 11) is 0. The summed E-state index contributed by atoms with van der Waals surface area (Å²) < 4.78 is 0. The SMILES string of the molecule is Nc1nc(Nc2ccc3cn[nH]c3c2)nc2nc[nH]c12. The fraction of sp³-hybridized carbons (Fsp3) is 0. The van der Waals surface area contributed by atoms with E-state index in [1.54, 1.807) is 6.20 Å². The van der Waals surface area contributed by atoms with E-state index in [9.17, 15) is 0 Å². The third-order valence-corrected chi connectivity index (χ3v) is 3.01. The number of nitrogen functional groups attached to an aromatic ring is 1. The number of nitrogens with zero attached hydrogens (tertiary/aromatic N) is 4. The van der Waals surface area contributed by atoms with Crippen molar-refractivity contribution in [1.82, 2.24) is 30.1 Å². The predicted molar refractivity (Wildman–Crippen MR) is 75.5 cm³/mol. The number of aromatic amines is 2. The second-order valence-electron chi connectivity index (χ2n) is 4.33. The van der Waals surface area contributed by atoms with E-state index >= 15 is 0 Å². The number of hydrogen-bond acceptors (Lipinski definition) is 6. The van der Waals surface area contributed by atoms with E-state index in [0.717, 1.165) is 16.6 Å².